The van der Waals surface area contributed by atoms with Crippen molar-refractivity contribution < 1.29 is 19.1 Å². The first-order chi connectivity index (χ1) is 13.8. The van der Waals surface area contributed by atoms with Gasteiger partial charge in [0.05, 0.1) is 23.9 Å². The van der Waals surface area contributed by atoms with Crippen molar-refractivity contribution in [2.45, 2.75) is 13.5 Å². The van der Waals surface area contributed by atoms with Crippen LogP contribution in [-0.4, -0.2) is 33.5 Å². The Morgan fingerprint density at radius 3 is 2.79 bits per heavy atom. The van der Waals surface area contributed by atoms with Crippen LogP contribution in [0.1, 0.15) is 16.7 Å². The minimum absolute atomic E-state index is 0.0969. The number of aryl methyl sites for hydroxylation is 1. The molecule has 1 aromatic carbocycles. The van der Waals surface area contributed by atoms with Crippen LogP contribution in [0, 0.1) is 18.3 Å². The van der Waals surface area contributed by atoms with E-state index in [1.807, 2.05) is 0 Å². The van der Waals surface area contributed by atoms with Gasteiger partial charge in [-0.2, -0.15) is 5.26 Å². The van der Waals surface area contributed by atoms with Gasteiger partial charge < -0.3 is 14.3 Å². The number of esters is 1. The molecule has 0 atom stereocenters. The quantitative estimate of drug-likeness (QED) is 0.514. The van der Waals surface area contributed by atoms with E-state index in [1.54, 1.807) is 25.2 Å². The van der Waals surface area contributed by atoms with Crippen LogP contribution in [0.15, 0.2) is 37.2 Å². The lowest BCUT2D eigenvalue weighted by Crippen LogP contribution is -2.28. The minimum atomic E-state index is -0.808. The summed E-state index contributed by atoms with van der Waals surface area (Å²) in [5.74, 6) is -1.79. The number of aromatic hydroxyl groups is 1. The highest BCUT2D eigenvalue weighted by atomic mass is 16.5. The largest absolute Gasteiger partial charge is 0.494 e. The first-order valence-electron chi connectivity index (χ1n) is 8.35. The lowest BCUT2D eigenvalue weighted by Gasteiger charge is -2.12. The van der Waals surface area contributed by atoms with Crippen LogP contribution < -0.4 is 11.3 Å². The molecule has 0 unspecified atom stereocenters. The number of nitrogens with zero attached hydrogens (tertiary/aromatic N) is 4. The van der Waals surface area contributed by atoms with E-state index in [9.17, 15) is 24.8 Å². The SMILES string of the molecule is COC(=O)Cn1c(O)c(C=Nc2ccc3c(c2)oc(=O)n3C)c(C)c(C#N)c1=O. The Morgan fingerprint density at radius 2 is 2.14 bits per heavy atom. The van der Waals surface area contributed by atoms with Crippen molar-refractivity contribution in [2.24, 2.45) is 12.0 Å². The van der Waals surface area contributed by atoms with E-state index < -0.39 is 29.7 Å². The molecular formula is C19H16N4O6. The number of carbonyl (C=O) groups is 1. The Labute approximate surface area is 163 Å². The maximum Gasteiger partial charge on any atom is 0.419 e. The second-order valence-corrected chi connectivity index (χ2v) is 6.15. The highest BCUT2D eigenvalue weighted by Gasteiger charge is 2.20. The lowest BCUT2D eigenvalue weighted by atomic mass is 10.1. The number of oxazole rings is 1. The van der Waals surface area contributed by atoms with Crippen molar-refractivity contribution >= 4 is 29.0 Å². The summed E-state index contributed by atoms with van der Waals surface area (Å²) in [6.07, 6.45) is 1.26. The van der Waals surface area contributed by atoms with Gasteiger partial charge in [0.25, 0.3) is 5.56 Å². The minimum Gasteiger partial charge on any atom is -0.494 e. The first-order valence-corrected chi connectivity index (χ1v) is 8.35. The van der Waals surface area contributed by atoms with Crippen molar-refractivity contribution in [2.75, 3.05) is 7.11 Å². The van der Waals surface area contributed by atoms with Gasteiger partial charge >= 0.3 is 11.7 Å². The first kappa shape index (κ1) is 19.6. The molecule has 10 nitrogen and oxygen atoms in total. The number of aliphatic imine (C=N–C) groups is 1. The Balaban J connectivity index is 2.12. The fraction of sp³-hybridized carbons (Fsp3) is 0.211. The molecule has 0 aliphatic carbocycles. The Morgan fingerprint density at radius 1 is 1.41 bits per heavy atom. The summed E-state index contributed by atoms with van der Waals surface area (Å²) in [6, 6.07) is 6.61. The molecule has 1 N–H and O–H groups in total. The van der Waals surface area contributed by atoms with Crippen LogP contribution in [0.2, 0.25) is 0 Å². The zero-order chi connectivity index (χ0) is 21.3. The number of aromatic nitrogens is 2. The fourth-order valence-corrected chi connectivity index (χ4v) is 2.81. The molecule has 0 aliphatic rings. The summed E-state index contributed by atoms with van der Waals surface area (Å²) < 4.78 is 11.7. The van der Waals surface area contributed by atoms with E-state index in [1.165, 1.54) is 23.8 Å². The molecule has 3 rings (SSSR count). The van der Waals surface area contributed by atoms with Gasteiger partial charge in [-0.3, -0.25) is 23.7 Å². The van der Waals surface area contributed by atoms with Gasteiger partial charge in [0.2, 0.25) is 5.88 Å². The number of carbonyl (C=O) groups excluding carboxylic acids is 1. The van der Waals surface area contributed by atoms with Crippen molar-refractivity contribution in [3.8, 4) is 11.9 Å². The van der Waals surface area contributed by atoms with Gasteiger partial charge in [-0.15, -0.1) is 0 Å². The number of fused-ring (bicyclic) bond motifs is 1. The van der Waals surface area contributed by atoms with E-state index in [2.05, 4.69) is 9.73 Å². The summed E-state index contributed by atoms with van der Waals surface area (Å²) in [4.78, 5) is 39.8. The molecule has 0 radical (unpaired) electrons. The number of benzene rings is 1. The third-order valence-corrected chi connectivity index (χ3v) is 4.48. The molecule has 0 saturated heterocycles. The second kappa shape index (κ2) is 7.47. The predicted molar refractivity (Wildman–Crippen MR) is 103 cm³/mol. The van der Waals surface area contributed by atoms with E-state index >= 15 is 0 Å². The van der Waals surface area contributed by atoms with Gasteiger partial charge in [-0.1, -0.05) is 0 Å². The molecule has 0 amide bonds. The number of hydrogen-bond acceptors (Lipinski definition) is 8. The average molecular weight is 396 g/mol. The molecule has 29 heavy (non-hydrogen) atoms. The Bertz CT molecular complexity index is 1320. The molecule has 0 aliphatic heterocycles. The Hall–Kier alpha value is -4.13. The maximum atomic E-state index is 12.4. The monoisotopic (exact) mass is 396 g/mol. The normalized spacial score (nSPS) is 11.1. The number of methoxy groups -OCH3 is 1. The van der Waals surface area contributed by atoms with Crippen LogP contribution in [0.5, 0.6) is 5.88 Å². The van der Waals surface area contributed by atoms with Crippen molar-refractivity contribution in [1.29, 1.82) is 5.26 Å². The van der Waals surface area contributed by atoms with Crippen molar-refractivity contribution in [3.63, 3.8) is 0 Å². The maximum absolute atomic E-state index is 12.4. The highest BCUT2D eigenvalue weighted by molar-refractivity contribution is 5.88. The molecule has 0 saturated carbocycles. The number of hydrogen-bond donors (Lipinski definition) is 1. The molecule has 10 heteroatoms. The van der Waals surface area contributed by atoms with Gasteiger partial charge in [-0.05, 0) is 24.6 Å². The van der Waals surface area contributed by atoms with E-state index in [0.717, 1.165) is 11.7 Å². The molecule has 0 bridgehead atoms. The Kier molecular flexibility index (Phi) is 5.06. The number of nitriles is 1. The van der Waals surface area contributed by atoms with Crippen LogP contribution in [0.3, 0.4) is 0 Å². The van der Waals surface area contributed by atoms with Gasteiger partial charge in [0.15, 0.2) is 5.58 Å². The van der Waals surface area contributed by atoms with Crippen molar-refractivity contribution in [3.05, 3.63) is 55.8 Å². The third kappa shape index (κ3) is 3.41. The highest BCUT2D eigenvalue weighted by Crippen LogP contribution is 2.23. The lowest BCUT2D eigenvalue weighted by molar-refractivity contribution is -0.141. The molecule has 0 fully saturated rings. The summed E-state index contributed by atoms with van der Waals surface area (Å²) in [5, 5.41) is 19.8. The smallest absolute Gasteiger partial charge is 0.419 e. The summed E-state index contributed by atoms with van der Waals surface area (Å²) in [5.41, 5.74) is 0.616. The van der Waals surface area contributed by atoms with Crippen LogP contribution in [0.25, 0.3) is 11.1 Å². The molecule has 3 aromatic rings. The number of pyridine rings is 1. The number of rotatable bonds is 4. The molecular weight excluding hydrogens is 380 g/mol. The molecule has 2 aromatic heterocycles. The van der Waals surface area contributed by atoms with E-state index in [0.29, 0.717) is 16.8 Å². The molecule has 2 heterocycles. The van der Waals surface area contributed by atoms with Gasteiger partial charge in [0, 0.05) is 19.3 Å². The predicted octanol–water partition coefficient (Wildman–Crippen LogP) is 1.10. The second-order valence-electron chi connectivity index (χ2n) is 6.15. The number of ether oxygens (including phenoxy) is 1. The van der Waals surface area contributed by atoms with E-state index in [-0.39, 0.29) is 16.7 Å². The summed E-state index contributed by atoms with van der Waals surface area (Å²) in [6.45, 7) is 0.932. The molecule has 148 valence electrons. The van der Waals surface area contributed by atoms with Crippen LogP contribution >= 0.6 is 0 Å². The topological polar surface area (TPSA) is 140 Å². The van der Waals surface area contributed by atoms with Gasteiger partial charge in [-0.25, -0.2) is 4.79 Å². The zero-order valence-corrected chi connectivity index (χ0v) is 15.8. The van der Waals surface area contributed by atoms with Crippen molar-refractivity contribution in [1.82, 2.24) is 9.13 Å². The van der Waals surface area contributed by atoms with Crippen LogP contribution in [-0.2, 0) is 23.1 Å². The van der Waals surface area contributed by atoms with E-state index in [4.69, 9.17) is 4.42 Å². The van der Waals surface area contributed by atoms with Crippen LogP contribution in [0.4, 0.5) is 5.69 Å². The summed E-state index contributed by atoms with van der Waals surface area (Å²) in [7, 11) is 2.72. The third-order valence-electron chi connectivity index (χ3n) is 4.48. The zero-order valence-electron chi connectivity index (χ0n) is 15.8. The fourth-order valence-electron chi connectivity index (χ4n) is 2.81. The average Bonchev–Trinajstić information content (AvgIpc) is 2.98. The molecule has 0 spiro atoms. The van der Waals surface area contributed by atoms with Gasteiger partial charge in [0.1, 0.15) is 18.2 Å². The summed E-state index contributed by atoms with van der Waals surface area (Å²) >= 11 is 0. The standard InChI is InChI=1S/C19H16N4O6/c1-10-12(7-20)17(25)23(9-16(24)28-3)18(26)13(10)8-21-11-4-5-14-15(6-11)29-19(27)22(14)2/h4-6,8,26H,9H2,1-3H3.